The molecule has 6 heteroatoms. The number of hydrogen-bond acceptors (Lipinski definition) is 5. The first-order chi connectivity index (χ1) is 18.6. The molecule has 4 aliphatic rings. The van der Waals surface area contributed by atoms with Gasteiger partial charge in [-0.15, -0.1) is 0 Å². The van der Waals surface area contributed by atoms with Gasteiger partial charge >= 0.3 is 6.09 Å². The summed E-state index contributed by atoms with van der Waals surface area (Å²) in [5.74, 6) is 0.0410. The van der Waals surface area contributed by atoms with Gasteiger partial charge in [-0.3, -0.25) is 0 Å². The Bertz CT molecular complexity index is 1270. The number of nitrogens with zero attached hydrogens (tertiary/aromatic N) is 1. The van der Waals surface area contributed by atoms with Crippen LogP contribution in [-0.4, -0.2) is 48.0 Å². The predicted molar refractivity (Wildman–Crippen MR) is 143 cm³/mol. The molecule has 1 amide bonds. The van der Waals surface area contributed by atoms with Crippen LogP contribution in [-0.2, 0) is 19.8 Å². The zero-order chi connectivity index (χ0) is 25.7. The van der Waals surface area contributed by atoms with Gasteiger partial charge in [0.2, 0.25) is 0 Å². The Labute approximate surface area is 223 Å². The summed E-state index contributed by atoms with van der Waals surface area (Å²) in [7, 11) is 0. The number of carbonyl (C=O) groups is 1. The van der Waals surface area contributed by atoms with Gasteiger partial charge in [0.15, 0.2) is 6.29 Å². The predicted octanol–water partition coefficient (Wildman–Crippen LogP) is 5.89. The Hall–Kier alpha value is -3.19. The Morgan fingerprint density at radius 2 is 1.45 bits per heavy atom. The van der Waals surface area contributed by atoms with Gasteiger partial charge in [-0.25, -0.2) is 4.79 Å². The monoisotopic (exact) mass is 511 g/mol. The summed E-state index contributed by atoms with van der Waals surface area (Å²) in [5.41, 5.74) is 5.76. The fourth-order valence-corrected chi connectivity index (χ4v) is 7.13. The number of aliphatic hydroxyl groups is 1. The van der Waals surface area contributed by atoms with Gasteiger partial charge in [-0.1, -0.05) is 72.8 Å². The van der Waals surface area contributed by atoms with Crippen molar-refractivity contribution in [3.05, 3.63) is 95.1 Å². The lowest BCUT2D eigenvalue weighted by Crippen LogP contribution is -2.59. The molecule has 3 fully saturated rings. The van der Waals surface area contributed by atoms with Crippen molar-refractivity contribution in [1.82, 2.24) is 4.90 Å². The molecule has 6 nitrogen and oxygen atoms in total. The molecule has 3 aromatic carbocycles. The summed E-state index contributed by atoms with van der Waals surface area (Å²) in [4.78, 5) is 15.5. The minimum absolute atomic E-state index is 0.0377. The van der Waals surface area contributed by atoms with Gasteiger partial charge in [-0.2, -0.15) is 0 Å². The van der Waals surface area contributed by atoms with Gasteiger partial charge < -0.3 is 24.2 Å². The molecule has 3 heterocycles. The van der Waals surface area contributed by atoms with E-state index in [2.05, 4.69) is 48.5 Å². The second kappa shape index (κ2) is 9.53. The van der Waals surface area contributed by atoms with Crippen LogP contribution >= 0.6 is 0 Å². The molecule has 0 radical (unpaired) electrons. The third-order valence-corrected chi connectivity index (χ3v) is 8.90. The first-order valence-electron chi connectivity index (χ1n) is 13.8. The fraction of sp³-hybridized carbons (Fsp3) is 0.406. The van der Waals surface area contributed by atoms with Crippen LogP contribution in [0.3, 0.4) is 0 Å². The summed E-state index contributed by atoms with van der Waals surface area (Å²) in [6, 6.07) is 24.7. The van der Waals surface area contributed by atoms with Crippen molar-refractivity contribution in [3.63, 3.8) is 0 Å². The molecule has 3 saturated heterocycles. The van der Waals surface area contributed by atoms with Crippen molar-refractivity contribution < 1.29 is 24.1 Å². The van der Waals surface area contributed by atoms with E-state index in [1.165, 1.54) is 22.3 Å². The van der Waals surface area contributed by atoms with Gasteiger partial charge in [-0.05, 0) is 47.1 Å². The number of ether oxygens (including phenoxy) is 3. The molecule has 3 aliphatic heterocycles. The zero-order valence-electron chi connectivity index (χ0n) is 21.4. The molecular formula is C32H33NO5. The molecular weight excluding hydrogens is 478 g/mol. The quantitative estimate of drug-likeness (QED) is 0.473. The first-order valence-corrected chi connectivity index (χ1v) is 13.8. The van der Waals surface area contributed by atoms with E-state index < -0.39 is 5.60 Å². The third kappa shape index (κ3) is 4.03. The maximum Gasteiger partial charge on any atom is 0.410 e. The van der Waals surface area contributed by atoms with Crippen molar-refractivity contribution in [2.24, 2.45) is 0 Å². The van der Waals surface area contributed by atoms with E-state index in [0.29, 0.717) is 32.7 Å². The Morgan fingerprint density at radius 3 is 2.05 bits per heavy atom. The Balaban J connectivity index is 1.06. The highest BCUT2D eigenvalue weighted by atomic mass is 16.7. The molecule has 2 atom stereocenters. The zero-order valence-corrected chi connectivity index (χ0v) is 21.4. The normalized spacial score (nSPS) is 26.7. The maximum atomic E-state index is 13.5. The number of hydrogen-bond donors (Lipinski definition) is 1. The molecule has 0 aromatic heterocycles. The highest BCUT2D eigenvalue weighted by Crippen LogP contribution is 2.47. The maximum absolute atomic E-state index is 13.5. The van der Waals surface area contributed by atoms with Crippen molar-refractivity contribution in [3.8, 4) is 11.1 Å². The average Bonchev–Trinajstić information content (AvgIpc) is 3.59. The minimum Gasteiger partial charge on any atom is -0.448 e. The summed E-state index contributed by atoms with van der Waals surface area (Å²) in [6.07, 6.45) is 3.28. The van der Waals surface area contributed by atoms with Gasteiger partial charge in [0.25, 0.3) is 0 Å². The van der Waals surface area contributed by atoms with E-state index in [9.17, 15) is 9.90 Å². The van der Waals surface area contributed by atoms with Crippen molar-refractivity contribution in [1.29, 1.82) is 0 Å². The van der Waals surface area contributed by atoms with E-state index in [1.807, 2.05) is 29.2 Å². The summed E-state index contributed by atoms with van der Waals surface area (Å²) in [6.45, 7) is 1.52. The van der Waals surface area contributed by atoms with E-state index in [-0.39, 0.29) is 30.4 Å². The molecule has 196 valence electrons. The second-order valence-corrected chi connectivity index (χ2v) is 11.1. The number of piperidine rings is 2. The highest BCUT2D eigenvalue weighted by molar-refractivity contribution is 5.79. The first kappa shape index (κ1) is 23.9. The van der Waals surface area contributed by atoms with E-state index in [0.717, 1.165) is 30.4 Å². The average molecular weight is 512 g/mol. The Morgan fingerprint density at radius 1 is 0.868 bits per heavy atom. The van der Waals surface area contributed by atoms with Crippen LogP contribution in [0.15, 0.2) is 72.8 Å². The summed E-state index contributed by atoms with van der Waals surface area (Å²) >= 11 is 0. The lowest BCUT2D eigenvalue weighted by molar-refractivity contribution is -0.0892. The summed E-state index contributed by atoms with van der Waals surface area (Å²) in [5, 5.41) is 11.8. The number of rotatable bonds is 4. The number of benzene rings is 3. The van der Waals surface area contributed by atoms with Crippen molar-refractivity contribution in [2.75, 3.05) is 19.8 Å². The fourth-order valence-electron chi connectivity index (χ4n) is 7.13. The highest BCUT2D eigenvalue weighted by Gasteiger charge is 2.49. The van der Waals surface area contributed by atoms with E-state index >= 15 is 0 Å². The van der Waals surface area contributed by atoms with Gasteiger partial charge in [0.1, 0.15) is 6.61 Å². The van der Waals surface area contributed by atoms with Crippen LogP contribution < -0.4 is 0 Å². The van der Waals surface area contributed by atoms with E-state index in [1.54, 1.807) is 0 Å². The minimum atomic E-state index is -0.966. The molecule has 7 rings (SSSR count). The van der Waals surface area contributed by atoms with Gasteiger partial charge in [0, 0.05) is 36.4 Å². The number of carbonyl (C=O) groups excluding carboxylic acids is 1. The SMILES string of the molecule is O=C(OCC1c2ccccc2-c2ccccc21)N1C2CCCC1CC(O)(c1ccc(C3OCCO3)cc1)C2. The van der Waals surface area contributed by atoms with Crippen molar-refractivity contribution >= 4 is 6.09 Å². The smallest absolute Gasteiger partial charge is 0.410 e. The number of amides is 1. The largest absolute Gasteiger partial charge is 0.448 e. The van der Waals surface area contributed by atoms with Crippen LogP contribution in [0.4, 0.5) is 4.79 Å². The molecule has 3 aromatic rings. The van der Waals surface area contributed by atoms with Crippen LogP contribution in [0, 0.1) is 0 Å². The van der Waals surface area contributed by atoms with Crippen molar-refractivity contribution in [2.45, 2.75) is 62.0 Å². The van der Waals surface area contributed by atoms with E-state index in [4.69, 9.17) is 14.2 Å². The molecule has 38 heavy (non-hydrogen) atoms. The Kier molecular flexibility index (Phi) is 5.99. The third-order valence-electron chi connectivity index (χ3n) is 8.90. The number of fused-ring (bicyclic) bond motifs is 5. The molecule has 1 N–H and O–H groups in total. The topological polar surface area (TPSA) is 68.2 Å². The van der Waals surface area contributed by atoms with Gasteiger partial charge in [0.05, 0.1) is 18.8 Å². The summed E-state index contributed by atoms with van der Waals surface area (Å²) < 4.78 is 17.3. The van der Waals surface area contributed by atoms with Crippen LogP contribution in [0.1, 0.15) is 66.6 Å². The standard InChI is InChI=1S/C32H33NO5/c34-31(38-20-29-27-10-3-1-8-25(27)26-9-2-4-11-28(26)29)33-23-6-5-7-24(33)19-32(35,18-23)22-14-12-21(13-15-22)30-36-16-17-37-30/h1-4,8-15,23-24,29-30,35H,5-7,16-20H2. The lowest BCUT2D eigenvalue weighted by atomic mass is 9.72. The second-order valence-electron chi connectivity index (χ2n) is 11.1. The lowest BCUT2D eigenvalue weighted by Gasteiger charge is -2.51. The van der Waals surface area contributed by atoms with Crippen LogP contribution in [0.25, 0.3) is 11.1 Å². The molecule has 2 bridgehead atoms. The molecule has 0 saturated carbocycles. The molecule has 2 unspecified atom stereocenters. The van der Waals surface area contributed by atoms with Crippen LogP contribution in [0.5, 0.6) is 0 Å². The molecule has 0 spiro atoms. The molecule has 1 aliphatic carbocycles. The van der Waals surface area contributed by atoms with Crippen LogP contribution in [0.2, 0.25) is 0 Å².